The summed E-state index contributed by atoms with van der Waals surface area (Å²) in [7, 11) is 0. The molecule has 0 bridgehead atoms. The summed E-state index contributed by atoms with van der Waals surface area (Å²) in [5, 5.41) is 37.0. The van der Waals surface area contributed by atoms with E-state index in [4.69, 9.17) is 10.2 Å². The van der Waals surface area contributed by atoms with Crippen LogP contribution < -0.4 is 0 Å². The molecule has 0 aliphatic carbocycles. The smallest absolute Gasteiger partial charge is 0.161 e. The van der Waals surface area contributed by atoms with E-state index in [0.29, 0.717) is 0 Å². The van der Waals surface area contributed by atoms with Crippen molar-refractivity contribution in [3.05, 3.63) is 47.5 Å². The normalized spacial score (nSPS) is 11.6. The Morgan fingerprint density at radius 2 is 1.08 bits per heavy atom. The van der Waals surface area contributed by atoms with E-state index < -0.39 is 0 Å². The molecule has 4 N–H and O–H groups in total. The molecule has 0 saturated heterocycles. The topological polar surface area (TPSA) is 80.9 Å². The summed E-state index contributed by atoms with van der Waals surface area (Å²) >= 11 is 0. The maximum Gasteiger partial charge on any atom is 0.161 e. The minimum Gasteiger partial charge on any atom is -0.504 e. The minimum atomic E-state index is -0.178. The van der Waals surface area contributed by atoms with Crippen LogP contribution in [0.5, 0.6) is 23.0 Å². The highest BCUT2D eigenvalue weighted by atomic mass is 16.3. The van der Waals surface area contributed by atoms with Crippen LogP contribution in [0.2, 0.25) is 0 Å². The molecule has 0 fully saturated rings. The van der Waals surface area contributed by atoms with Crippen LogP contribution >= 0.6 is 0 Å². The summed E-state index contributed by atoms with van der Waals surface area (Å²) in [6, 6.07) is 9.77. The average Bonchev–Trinajstić information content (AvgIpc) is 2.43. The minimum absolute atomic E-state index is 0.000463. The maximum atomic E-state index is 9.87. The summed E-state index contributed by atoms with van der Waals surface area (Å²) in [4.78, 5) is 0. The predicted molar refractivity (Wildman–Crippen MR) is 96.9 cm³/mol. The van der Waals surface area contributed by atoms with E-state index in [2.05, 4.69) is 20.8 Å². The molecule has 0 amide bonds. The van der Waals surface area contributed by atoms with Crippen molar-refractivity contribution in [2.75, 3.05) is 0 Å². The van der Waals surface area contributed by atoms with Gasteiger partial charge >= 0.3 is 0 Å². The standard InChI is InChI=1S/C14H22O2.C6H6O2/c1-13(2,3)9-7-10(14(4,5)6)12(16)11(15)8-9;7-5-3-1-2-4-6(5)8/h7-8,15-16H,1-6H3;1-4,7-8H. The lowest BCUT2D eigenvalue weighted by atomic mass is 9.80. The quantitative estimate of drug-likeness (QED) is 0.523. The molecule has 24 heavy (non-hydrogen) atoms. The molecule has 4 nitrogen and oxygen atoms in total. The highest BCUT2D eigenvalue weighted by molar-refractivity contribution is 5.51. The first-order valence-corrected chi connectivity index (χ1v) is 7.88. The number of hydrogen-bond acceptors (Lipinski definition) is 4. The Balaban J connectivity index is 0.000000300. The predicted octanol–water partition coefficient (Wildman–Crippen LogP) is 4.79. The Kier molecular flexibility index (Phi) is 5.77. The van der Waals surface area contributed by atoms with E-state index in [1.54, 1.807) is 18.2 Å². The number of phenols is 4. The second-order valence-corrected chi connectivity index (χ2v) is 7.88. The lowest BCUT2D eigenvalue weighted by molar-refractivity contribution is 0.386. The Bertz CT molecular complexity index is 671. The first kappa shape index (κ1) is 19.7. The van der Waals surface area contributed by atoms with Crippen molar-refractivity contribution in [1.29, 1.82) is 0 Å². The van der Waals surface area contributed by atoms with Crippen LogP contribution in [0.3, 0.4) is 0 Å². The third-order valence-corrected chi connectivity index (χ3v) is 3.65. The van der Waals surface area contributed by atoms with Crippen molar-refractivity contribution >= 4 is 0 Å². The van der Waals surface area contributed by atoms with Crippen molar-refractivity contribution in [3.8, 4) is 23.0 Å². The van der Waals surface area contributed by atoms with E-state index in [0.717, 1.165) is 11.1 Å². The first-order valence-electron chi connectivity index (χ1n) is 7.88. The number of benzene rings is 2. The monoisotopic (exact) mass is 332 g/mol. The molecule has 4 heteroatoms. The molecule has 0 aliphatic heterocycles. The van der Waals surface area contributed by atoms with Crippen LogP contribution in [0.4, 0.5) is 0 Å². The van der Waals surface area contributed by atoms with E-state index in [9.17, 15) is 10.2 Å². The first-order chi connectivity index (χ1) is 10.8. The number of rotatable bonds is 0. The molecule has 132 valence electrons. The summed E-state index contributed by atoms with van der Waals surface area (Å²) in [6.45, 7) is 12.3. The Morgan fingerprint density at radius 1 is 0.625 bits per heavy atom. The molecule has 0 atom stereocenters. The third-order valence-electron chi connectivity index (χ3n) is 3.65. The van der Waals surface area contributed by atoms with Gasteiger partial charge in [-0.3, -0.25) is 0 Å². The summed E-state index contributed by atoms with van der Waals surface area (Å²) < 4.78 is 0. The number of para-hydroxylation sites is 2. The Morgan fingerprint density at radius 3 is 1.42 bits per heavy atom. The Hall–Kier alpha value is -2.36. The molecule has 2 rings (SSSR count). The van der Waals surface area contributed by atoms with Gasteiger partial charge in [0.25, 0.3) is 0 Å². The number of aromatic hydroxyl groups is 4. The summed E-state index contributed by atoms with van der Waals surface area (Å²) in [5.41, 5.74) is 1.61. The molecule has 0 heterocycles. The van der Waals surface area contributed by atoms with Crippen LogP contribution in [0.15, 0.2) is 36.4 Å². The Labute approximate surface area is 144 Å². The summed E-state index contributed by atoms with van der Waals surface area (Å²) in [6.07, 6.45) is 0. The van der Waals surface area contributed by atoms with Crippen LogP contribution in [-0.4, -0.2) is 20.4 Å². The van der Waals surface area contributed by atoms with Crippen molar-refractivity contribution in [2.45, 2.75) is 52.4 Å². The van der Waals surface area contributed by atoms with Gasteiger partial charge in [-0.15, -0.1) is 0 Å². The molecule has 0 radical (unpaired) electrons. The van der Waals surface area contributed by atoms with Gasteiger partial charge in [0, 0.05) is 5.56 Å². The number of phenolic OH excluding ortho intramolecular Hbond substituents is 4. The van der Waals surface area contributed by atoms with Crippen LogP contribution in [-0.2, 0) is 10.8 Å². The van der Waals surface area contributed by atoms with Gasteiger partial charge in [-0.25, -0.2) is 0 Å². The fraction of sp³-hybridized carbons (Fsp3) is 0.400. The molecule has 0 spiro atoms. The van der Waals surface area contributed by atoms with E-state index in [-0.39, 0.29) is 33.8 Å². The van der Waals surface area contributed by atoms with Crippen molar-refractivity contribution in [1.82, 2.24) is 0 Å². The van der Waals surface area contributed by atoms with Crippen molar-refractivity contribution < 1.29 is 20.4 Å². The molecule has 0 saturated carbocycles. The van der Waals surface area contributed by atoms with E-state index in [1.807, 2.05) is 26.8 Å². The highest BCUT2D eigenvalue weighted by Gasteiger charge is 2.24. The average molecular weight is 332 g/mol. The molecular formula is C20H28O4. The SMILES string of the molecule is CC(C)(C)c1cc(O)c(O)c(C(C)(C)C)c1.Oc1ccccc1O. The van der Waals surface area contributed by atoms with Gasteiger partial charge < -0.3 is 20.4 Å². The molecule has 0 unspecified atom stereocenters. The molecule has 2 aromatic rings. The molecule has 2 aromatic carbocycles. The van der Waals surface area contributed by atoms with Crippen LogP contribution in [0.25, 0.3) is 0 Å². The largest absolute Gasteiger partial charge is 0.504 e. The molecule has 0 aliphatic rings. The van der Waals surface area contributed by atoms with Gasteiger partial charge in [0.05, 0.1) is 0 Å². The lowest BCUT2D eigenvalue weighted by Crippen LogP contribution is -2.16. The molecule has 0 aromatic heterocycles. The fourth-order valence-electron chi connectivity index (χ4n) is 2.09. The van der Waals surface area contributed by atoms with Crippen molar-refractivity contribution in [3.63, 3.8) is 0 Å². The van der Waals surface area contributed by atoms with Gasteiger partial charge in [0.1, 0.15) is 0 Å². The zero-order valence-corrected chi connectivity index (χ0v) is 15.3. The lowest BCUT2D eigenvalue weighted by Gasteiger charge is -2.26. The highest BCUT2D eigenvalue weighted by Crippen LogP contribution is 2.40. The van der Waals surface area contributed by atoms with Crippen LogP contribution in [0.1, 0.15) is 52.7 Å². The number of hydrogen-bond donors (Lipinski definition) is 4. The summed E-state index contributed by atoms with van der Waals surface area (Å²) in [5.74, 6) is -0.183. The van der Waals surface area contributed by atoms with E-state index in [1.165, 1.54) is 12.1 Å². The van der Waals surface area contributed by atoms with Crippen LogP contribution in [0, 0.1) is 0 Å². The zero-order valence-electron chi connectivity index (χ0n) is 15.3. The van der Waals surface area contributed by atoms with Gasteiger partial charge in [-0.1, -0.05) is 59.7 Å². The second kappa shape index (κ2) is 7.04. The van der Waals surface area contributed by atoms with Gasteiger partial charge in [0.2, 0.25) is 0 Å². The fourth-order valence-corrected chi connectivity index (χ4v) is 2.09. The molecular weight excluding hydrogens is 304 g/mol. The second-order valence-electron chi connectivity index (χ2n) is 7.88. The zero-order chi connectivity index (χ0) is 18.7. The van der Waals surface area contributed by atoms with Gasteiger partial charge in [-0.2, -0.15) is 0 Å². The van der Waals surface area contributed by atoms with Gasteiger partial charge in [-0.05, 0) is 34.6 Å². The van der Waals surface area contributed by atoms with Crippen molar-refractivity contribution in [2.24, 2.45) is 0 Å². The van der Waals surface area contributed by atoms with E-state index >= 15 is 0 Å². The maximum absolute atomic E-state index is 9.87. The van der Waals surface area contributed by atoms with Gasteiger partial charge in [0.15, 0.2) is 23.0 Å². The third kappa shape index (κ3) is 5.08.